The highest BCUT2D eigenvalue weighted by Crippen LogP contribution is 2.58. The fourth-order valence-electron chi connectivity index (χ4n) is 5.09. The van der Waals surface area contributed by atoms with Crippen LogP contribution in [0.15, 0.2) is 180 Å². The number of aromatic carboxylic acids is 2. The highest BCUT2D eigenvalue weighted by atomic mass is 32.2. The Morgan fingerprint density at radius 2 is 0.867 bits per heavy atom. The predicted molar refractivity (Wildman–Crippen MR) is 184 cm³/mol. The molecule has 0 aliphatic rings. The Labute approximate surface area is 268 Å². The molecule has 0 amide bonds. The van der Waals surface area contributed by atoms with Crippen molar-refractivity contribution < 1.29 is 19.8 Å². The van der Waals surface area contributed by atoms with Crippen LogP contribution in [0.5, 0.6) is 0 Å². The van der Waals surface area contributed by atoms with Gasteiger partial charge in [-0.1, -0.05) is 109 Å². The van der Waals surface area contributed by atoms with Crippen molar-refractivity contribution in [2.45, 2.75) is 16.0 Å². The summed E-state index contributed by atoms with van der Waals surface area (Å²) in [5.74, 6) is -2.17. The summed E-state index contributed by atoms with van der Waals surface area (Å²) in [6.45, 7) is 0. The van der Waals surface area contributed by atoms with Gasteiger partial charge in [0.1, 0.15) is 23.2 Å². The molecule has 45 heavy (non-hydrogen) atoms. The van der Waals surface area contributed by atoms with E-state index in [1.54, 1.807) is 24.3 Å². The summed E-state index contributed by atoms with van der Waals surface area (Å²) in [7, 11) is -1.78. The maximum absolute atomic E-state index is 10.7. The van der Waals surface area contributed by atoms with E-state index in [-0.39, 0.29) is 11.1 Å². The molecule has 0 heterocycles. The molecule has 6 aromatic rings. The van der Waals surface area contributed by atoms with Crippen LogP contribution in [-0.4, -0.2) is 17.0 Å². The summed E-state index contributed by atoms with van der Waals surface area (Å²) < 4.78 is 0. The number of hydrogen-bond acceptors (Lipinski definition) is 4. The Morgan fingerprint density at radius 3 is 1.22 bits per heavy atom. The highest BCUT2D eigenvalue weighted by Gasteiger charge is 2.45. The summed E-state index contributed by atoms with van der Waals surface area (Å²) in [4.78, 5) is 23.1. The van der Waals surface area contributed by atoms with Crippen LogP contribution < -0.4 is 21.0 Å². The monoisotopic (exact) mass is 626 g/mol. The Hall–Kier alpha value is -4.96. The van der Waals surface area contributed by atoms with Gasteiger partial charge in [0, 0.05) is 9.79 Å². The van der Waals surface area contributed by atoms with Crippen LogP contribution in [-0.2, 0) is 6.16 Å². The van der Waals surface area contributed by atoms with Crippen LogP contribution in [0.3, 0.4) is 0 Å². The van der Waals surface area contributed by atoms with Crippen molar-refractivity contribution in [1.82, 2.24) is 0 Å². The van der Waals surface area contributed by atoms with Gasteiger partial charge in [0.05, 0.1) is 17.7 Å². The molecule has 0 saturated carbocycles. The van der Waals surface area contributed by atoms with E-state index < -0.39 is 19.2 Å². The molecule has 0 radical (unpaired) electrons. The molecule has 4 nitrogen and oxygen atoms in total. The van der Waals surface area contributed by atoms with Crippen molar-refractivity contribution in [1.29, 1.82) is 0 Å². The van der Waals surface area contributed by atoms with Gasteiger partial charge < -0.3 is 15.0 Å². The summed E-state index contributed by atoms with van der Waals surface area (Å²) in [6, 6.07) is 56.8. The van der Waals surface area contributed by atoms with E-state index in [1.165, 1.54) is 57.5 Å². The third-order valence-electron chi connectivity index (χ3n) is 7.28. The van der Waals surface area contributed by atoms with Gasteiger partial charge in [-0.25, -0.2) is 4.79 Å². The maximum Gasteiger partial charge on any atom is 0.335 e. The smallest absolute Gasteiger partial charge is 0.335 e. The molecule has 0 bridgehead atoms. The molecule has 6 aromatic carbocycles. The SMILES string of the molecule is O=C([O-])c1ccc(Sc2ccc(C(=O)O)cc2)cc1.c1ccc(C[P+](c2ccccc2)(c2ccccc2)c2ccccc2)cc1. The molecule has 0 fully saturated rings. The van der Waals surface area contributed by atoms with Gasteiger partial charge in [0.25, 0.3) is 0 Å². The number of benzene rings is 6. The van der Waals surface area contributed by atoms with Crippen molar-refractivity contribution in [2.24, 2.45) is 0 Å². The van der Waals surface area contributed by atoms with E-state index in [1.807, 2.05) is 0 Å². The van der Waals surface area contributed by atoms with Gasteiger partial charge in [-0.05, 0) is 83.9 Å². The molecule has 0 unspecified atom stereocenters. The molecule has 0 atom stereocenters. The van der Waals surface area contributed by atoms with Crippen molar-refractivity contribution in [3.63, 3.8) is 0 Å². The number of carbonyl (C=O) groups is 2. The normalized spacial score (nSPS) is 10.8. The average molecular weight is 627 g/mol. The first-order valence-corrected chi connectivity index (χ1v) is 17.2. The molecule has 222 valence electrons. The number of hydrogen-bond donors (Lipinski definition) is 1. The zero-order chi connectivity index (χ0) is 31.5. The second-order valence-electron chi connectivity index (χ2n) is 10.2. The van der Waals surface area contributed by atoms with Crippen molar-refractivity contribution in [3.8, 4) is 0 Å². The first-order valence-electron chi connectivity index (χ1n) is 14.4. The Bertz CT molecular complexity index is 1660. The van der Waals surface area contributed by atoms with Crippen LogP contribution >= 0.6 is 19.0 Å². The summed E-state index contributed by atoms with van der Waals surface area (Å²) in [6.07, 6.45) is 1.03. The van der Waals surface area contributed by atoms with Gasteiger partial charge >= 0.3 is 5.97 Å². The van der Waals surface area contributed by atoms with E-state index >= 15 is 0 Å². The maximum atomic E-state index is 10.7. The molecule has 6 heteroatoms. The number of rotatable bonds is 9. The number of carboxylic acid groups (broad SMARTS) is 2. The minimum atomic E-state index is -1.78. The summed E-state index contributed by atoms with van der Waals surface area (Å²) in [5, 5.41) is 23.7. The van der Waals surface area contributed by atoms with Crippen molar-refractivity contribution in [2.75, 3.05) is 0 Å². The molecule has 0 aliphatic heterocycles. The summed E-state index contributed by atoms with van der Waals surface area (Å²) in [5.41, 5.74) is 1.75. The molecule has 1 N–H and O–H groups in total. The second-order valence-corrected chi connectivity index (χ2v) is 14.8. The van der Waals surface area contributed by atoms with E-state index in [0.29, 0.717) is 0 Å². The quantitative estimate of drug-likeness (QED) is 0.174. The van der Waals surface area contributed by atoms with E-state index in [2.05, 4.69) is 121 Å². The first kappa shape index (κ1) is 31.5. The van der Waals surface area contributed by atoms with E-state index in [4.69, 9.17) is 5.11 Å². The lowest BCUT2D eigenvalue weighted by Gasteiger charge is -2.27. The average Bonchev–Trinajstić information content (AvgIpc) is 3.09. The molecule has 0 saturated heterocycles. The molecule has 0 spiro atoms. The lowest BCUT2D eigenvalue weighted by molar-refractivity contribution is -0.255. The van der Waals surface area contributed by atoms with Crippen LogP contribution in [0, 0.1) is 0 Å². The zero-order valence-electron chi connectivity index (χ0n) is 24.4. The van der Waals surface area contributed by atoms with Crippen molar-refractivity contribution >= 4 is 46.9 Å². The fraction of sp³-hybridized carbons (Fsp3) is 0.0256. The molecule has 6 rings (SSSR count). The zero-order valence-corrected chi connectivity index (χ0v) is 26.1. The lowest BCUT2D eigenvalue weighted by atomic mass is 10.2. The standard InChI is InChI=1S/C25H22P.C14H10O4S/c1-5-13-22(14-6-1)21-26(23-15-7-2-8-16-23,24-17-9-3-10-18-24)25-19-11-4-12-20-25;15-13(16)9-1-5-11(6-2-9)19-12-7-3-10(4-8-12)14(17)18/h1-20H,21H2;1-8H,(H,15,16)(H,17,18)/q+1;/p-1. The highest BCUT2D eigenvalue weighted by molar-refractivity contribution is 7.99. The molecular weight excluding hydrogens is 595 g/mol. The lowest BCUT2D eigenvalue weighted by Crippen LogP contribution is -2.32. The topological polar surface area (TPSA) is 77.4 Å². The Kier molecular flexibility index (Phi) is 10.6. The van der Waals surface area contributed by atoms with Gasteiger partial charge in [-0.15, -0.1) is 0 Å². The first-order chi connectivity index (χ1) is 22.0. The second kappa shape index (κ2) is 15.2. The third-order valence-corrected chi connectivity index (χ3v) is 12.7. The Balaban J connectivity index is 0.000000187. The van der Waals surface area contributed by atoms with Gasteiger partial charge in [-0.2, -0.15) is 0 Å². The van der Waals surface area contributed by atoms with Gasteiger partial charge in [0.2, 0.25) is 0 Å². The molecule has 0 aliphatic carbocycles. The van der Waals surface area contributed by atoms with Gasteiger partial charge in [-0.3, -0.25) is 0 Å². The molecular formula is C39H31O4PS. The number of carboxylic acids is 2. The van der Waals surface area contributed by atoms with Crippen LogP contribution in [0.25, 0.3) is 0 Å². The van der Waals surface area contributed by atoms with E-state index in [9.17, 15) is 14.7 Å². The minimum Gasteiger partial charge on any atom is -0.545 e. The van der Waals surface area contributed by atoms with Crippen LogP contribution in [0.4, 0.5) is 0 Å². The van der Waals surface area contributed by atoms with Crippen LogP contribution in [0.2, 0.25) is 0 Å². The number of carbonyl (C=O) groups excluding carboxylic acids is 1. The largest absolute Gasteiger partial charge is 0.545 e. The minimum absolute atomic E-state index is 0.130. The predicted octanol–water partition coefficient (Wildman–Crippen LogP) is 7.08. The summed E-state index contributed by atoms with van der Waals surface area (Å²) >= 11 is 1.42. The van der Waals surface area contributed by atoms with Gasteiger partial charge in [0.15, 0.2) is 0 Å². The van der Waals surface area contributed by atoms with E-state index in [0.717, 1.165) is 16.0 Å². The molecule has 0 aromatic heterocycles. The Morgan fingerprint density at radius 1 is 0.511 bits per heavy atom. The third kappa shape index (κ3) is 7.96. The van der Waals surface area contributed by atoms with Crippen molar-refractivity contribution in [3.05, 3.63) is 187 Å². The van der Waals surface area contributed by atoms with Crippen LogP contribution in [0.1, 0.15) is 26.3 Å². The fourth-order valence-corrected chi connectivity index (χ4v) is 10.1.